The molecule has 0 bridgehead atoms. The number of hydrogen-bond donors (Lipinski definition) is 5. The van der Waals surface area contributed by atoms with E-state index in [2.05, 4.69) is 69.0 Å². The van der Waals surface area contributed by atoms with E-state index in [9.17, 15) is 24.0 Å². The molecule has 320 valence electrons. The summed E-state index contributed by atoms with van der Waals surface area (Å²) in [7, 11) is 8.17. The van der Waals surface area contributed by atoms with Gasteiger partial charge < -0.3 is 26.6 Å². The van der Waals surface area contributed by atoms with Crippen LogP contribution in [0.15, 0.2) is 158 Å². The van der Waals surface area contributed by atoms with Gasteiger partial charge in [-0.1, -0.05) is 97.1 Å². The van der Waals surface area contributed by atoms with Crippen molar-refractivity contribution < 1.29 is 24.0 Å². The fraction of sp³-hybridized carbons (Fsp3) is 0.151. The number of rotatable bonds is 4. The van der Waals surface area contributed by atoms with E-state index >= 15 is 0 Å². The number of benzene rings is 8. The van der Waals surface area contributed by atoms with E-state index in [4.69, 9.17) is 0 Å². The van der Waals surface area contributed by atoms with E-state index in [-0.39, 0.29) is 29.5 Å². The van der Waals surface area contributed by atoms with Crippen LogP contribution in [0, 0.1) is 0 Å². The molecule has 1 aliphatic rings. The van der Waals surface area contributed by atoms with E-state index in [1.54, 1.807) is 47.4 Å². The fourth-order valence-corrected chi connectivity index (χ4v) is 6.99. The summed E-state index contributed by atoms with van der Waals surface area (Å²) in [5.74, 6) is -0.137. The second kappa shape index (κ2) is 22.7. The molecule has 5 N–H and O–H groups in total. The Morgan fingerprint density at radius 3 is 1.29 bits per heavy atom. The van der Waals surface area contributed by atoms with Crippen molar-refractivity contribution in [2.24, 2.45) is 0 Å². The molecule has 0 aliphatic heterocycles. The number of aryl methyl sites for hydroxylation is 2. The van der Waals surface area contributed by atoms with Crippen molar-refractivity contribution in [3.63, 3.8) is 0 Å². The maximum atomic E-state index is 11.6. The molecule has 0 atom stereocenters. The zero-order chi connectivity index (χ0) is 45.3. The van der Waals surface area contributed by atoms with E-state index in [0.29, 0.717) is 16.7 Å². The summed E-state index contributed by atoms with van der Waals surface area (Å²) >= 11 is 0. The maximum absolute atomic E-state index is 11.6. The summed E-state index contributed by atoms with van der Waals surface area (Å²) in [6.45, 7) is 1.47. The molecule has 9 rings (SSSR count). The lowest BCUT2D eigenvalue weighted by Crippen LogP contribution is -2.17. The number of nitrogens with one attached hydrogen (secondary N) is 5. The third-order valence-corrected chi connectivity index (χ3v) is 10.3. The Bertz CT molecular complexity index is 2890. The number of hydrogen-bond acceptors (Lipinski definition) is 5. The second-order valence-corrected chi connectivity index (χ2v) is 14.5. The van der Waals surface area contributed by atoms with Crippen LogP contribution in [0.3, 0.4) is 0 Å². The molecular formula is C53H53N5O5. The lowest BCUT2D eigenvalue weighted by molar-refractivity contribution is -0.118. The van der Waals surface area contributed by atoms with Gasteiger partial charge in [0.15, 0.2) is 0 Å². The monoisotopic (exact) mass is 839 g/mol. The van der Waals surface area contributed by atoms with Crippen LogP contribution in [-0.2, 0) is 17.6 Å². The SMILES string of the molecule is CNC(=O)c1cc2c3c(cccc3c1)CC2.CNC(=O)c1ccc2cc3ccccc3cc2c1.CNC(=O)c1ccc2ccccc2c1.CNC(=O)c1ccccc1.CNC(C)=O. The lowest BCUT2D eigenvalue weighted by atomic mass is 10.0. The van der Waals surface area contributed by atoms with Crippen molar-refractivity contribution in [3.8, 4) is 0 Å². The van der Waals surface area contributed by atoms with Crippen LogP contribution in [0.5, 0.6) is 0 Å². The molecular weight excluding hydrogens is 787 g/mol. The molecule has 0 aromatic heterocycles. The smallest absolute Gasteiger partial charge is 0.251 e. The molecule has 8 aromatic rings. The molecule has 0 fully saturated rings. The molecule has 5 amide bonds. The first-order chi connectivity index (χ1) is 30.5. The van der Waals surface area contributed by atoms with E-state index in [1.807, 2.05) is 103 Å². The summed E-state index contributed by atoms with van der Waals surface area (Å²) in [6, 6.07) is 51.4. The average molecular weight is 840 g/mol. The Labute approximate surface area is 368 Å². The molecule has 0 spiro atoms. The average Bonchev–Trinajstić information content (AvgIpc) is 3.76. The molecule has 0 unspecified atom stereocenters. The van der Waals surface area contributed by atoms with Gasteiger partial charge in [-0.15, -0.1) is 0 Å². The molecule has 10 heteroatoms. The Morgan fingerprint density at radius 2 is 0.730 bits per heavy atom. The van der Waals surface area contributed by atoms with Crippen molar-refractivity contribution in [1.82, 2.24) is 26.6 Å². The van der Waals surface area contributed by atoms with Crippen molar-refractivity contribution in [3.05, 3.63) is 191 Å². The standard InChI is InChI=1S/C16H13NO.C14H13NO.C12H11NO.C8H9NO.C3H7NO/c1-17-16(18)14-7-6-13-8-11-4-2-3-5-12(11)9-15(13)10-14;1-15-14(16)12-7-10-4-2-3-9-5-6-11(8-12)13(9)10;1-13-12(14)11-7-6-9-4-2-3-5-10(9)8-11;1-9-8(10)7-5-3-2-4-6-7;1-3(5)4-2/h2-10H,1H3,(H,17,18);2-4,7-8H,5-6H2,1H3,(H,15,16);2-8H,1H3,(H,13,14);2-6H,1H3,(H,9,10);1-2H3,(H,4,5). The highest BCUT2D eigenvalue weighted by molar-refractivity contribution is 6.04. The minimum atomic E-state index is -0.0509. The van der Waals surface area contributed by atoms with Gasteiger partial charge in [0, 0.05) is 64.4 Å². The lowest BCUT2D eigenvalue weighted by Gasteiger charge is -2.05. The Balaban J connectivity index is 0.000000155. The van der Waals surface area contributed by atoms with Gasteiger partial charge in [0.25, 0.3) is 23.6 Å². The molecule has 1 aliphatic carbocycles. The Hall–Kier alpha value is -7.85. The van der Waals surface area contributed by atoms with Gasteiger partial charge in [-0.3, -0.25) is 24.0 Å². The zero-order valence-corrected chi connectivity index (χ0v) is 36.5. The highest BCUT2D eigenvalue weighted by Gasteiger charge is 2.16. The summed E-state index contributed by atoms with van der Waals surface area (Å²) in [4.78, 5) is 55.2. The van der Waals surface area contributed by atoms with E-state index in [0.717, 1.165) is 39.9 Å². The van der Waals surface area contributed by atoms with Crippen LogP contribution >= 0.6 is 0 Å². The van der Waals surface area contributed by atoms with Gasteiger partial charge in [-0.25, -0.2) is 0 Å². The highest BCUT2D eigenvalue weighted by atomic mass is 16.2. The van der Waals surface area contributed by atoms with Gasteiger partial charge in [0.1, 0.15) is 0 Å². The first-order valence-electron chi connectivity index (χ1n) is 20.6. The predicted molar refractivity (Wildman–Crippen MR) is 257 cm³/mol. The van der Waals surface area contributed by atoms with Gasteiger partial charge in [-0.2, -0.15) is 0 Å². The molecule has 0 saturated carbocycles. The van der Waals surface area contributed by atoms with Crippen LogP contribution in [0.1, 0.15) is 59.5 Å². The topological polar surface area (TPSA) is 146 Å². The third-order valence-electron chi connectivity index (χ3n) is 10.3. The van der Waals surface area contributed by atoms with Crippen molar-refractivity contribution in [1.29, 1.82) is 0 Å². The number of carbonyl (C=O) groups is 5. The maximum Gasteiger partial charge on any atom is 0.251 e. The molecule has 0 heterocycles. The highest BCUT2D eigenvalue weighted by Crippen LogP contribution is 2.32. The van der Waals surface area contributed by atoms with E-state index < -0.39 is 0 Å². The van der Waals surface area contributed by atoms with Crippen molar-refractivity contribution in [2.45, 2.75) is 19.8 Å². The van der Waals surface area contributed by atoms with Crippen molar-refractivity contribution in [2.75, 3.05) is 35.2 Å². The Kier molecular flexibility index (Phi) is 16.6. The minimum Gasteiger partial charge on any atom is -0.359 e. The quantitative estimate of drug-likeness (QED) is 0.113. The minimum absolute atomic E-state index is 0.00421. The van der Waals surface area contributed by atoms with Crippen LogP contribution < -0.4 is 26.6 Å². The van der Waals surface area contributed by atoms with Gasteiger partial charge >= 0.3 is 0 Å². The van der Waals surface area contributed by atoms with Crippen LogP contribution in [0.25, 0.3) is 43.1 Å². The summed E-state index contributed by atoms with van der Waals surface area (Å²) < 4.78 is 0. The summed E-state index contributed by atoms with van der Waals surface area (Å²) in [6.07, 6.45) is 2.16. The number of fused-ring (bicyclic) bond motifs is 3. The summed E-state index contributed by atoms with van der Waals surface area (Å²) in [5.41, 5.74) is 5.59. The zero-order valence-electron chi connectivity index (χ0n) is 36.5. The van der Waals surface area contributed by atoms with Gasteiger partial charge in [0.2, 0.25) is 5.91 Å². The van der Waals surface area contributed by atoms with Crippen LogP contribution in [-0.4, -0.2) is 64.8 Å². The second-order valence-electron chi connectivity index (χ2n) is 14.5. The predicted octanol–water partition coefficient (Wildman–Crippen LogP) is 8.65. The number of carbonyl (C=O) groups excluding carboxylic acids is 5. The van der Waals surface area contributed by atoms with E-state index in [1.165, 1.54) is 39.6 Å². The fourth-order valence-electron chi connectivity index (χ4n) is 6.99. The molecule has 0 saturated heterocycles. The normalized spacial score (nSPS) is 10.6. The number of amides is 5. The Morgan fingerprint density at radius 1 is 0.333 bits per heavy atom. The van der Waals surface area contributed by atoms with Crippen LogP contribution in [0.4, 0.5) is 0 Å². The summed E-state index contributed by atoms with van der Waals surface area (Å²) in [5, 5.41) is 22.3. The third kappa shape index (κ3) is 12.4. The van der Waals surface area contributed by atoms with Gasteiger partial charge in [0.05, 0.1) is 0 Å². The van der Waals surface area contributed by atoms with Crippen molar-refractivity contribution >= 4 is 72.6 Å². The molecule has 10 nitrogen and oxygen atoms in total. The molecule has 63 heavy (non-hydrogen) atoms. The molecule has 8 aromatic carbocycles. The largest absolute Gasteiger partial charge is 0.359 e. The van der Waals surface area contributed by atoms with Crippen LogP contribution in [0.2, 0.25) is 0 Å². The van der Waals surface area contributed by atoms with Gasteiger partial charge in [-0.05, 0) is 128 Å². The first kappa shape index (κ1) is 46.2. The first-order valence-corrected chi connectivity index (χ1v) is 20.6. The molecule has 0 radical (unpaired) electrons.